The van der Waals surface area contributed by atoms with Crippen LogP contribution in [0.2, 0.25) is 10.3 Å². The Morgan fingerprint density at radius 2 is 1.92 bits per heavy atom. The van der Waals surface area contributed by atoms with Gasteiger partial charge in [0.2, 0.25) is 5.28 Å². The average Bonchev–Trinajstić information content (AvgIpc) is 2.88. The molecule has 0 saturated carbocycles. The standard InChI is InChI=1S/C15H14Cl2N4O3/c1-19-12-11(13(22)20(2)15(19)23)21(14(17)18-12)6-7-24-10-5-3-4-9(16)8-10/h3-5,8H,6-7H2,1-2H3. The van der Waals surface area contributed by atoms with E-state index in [0.717, 1.165) is 4.57 Å². The zero-order valence-corrected chi connectivity index (χ0v) is 14.5. The van der Waals surface area contributed by atoms with Crippen molar-refractivity contribution in [2.75, 3.05) is 6.61 Å². The van der Waals surface area contributed by atoms with E-state index in [4.69, 9.17) is 27.9 Å². The Hall–Kier alpha value is -2.25. The van der Waals surface area contributed by atoms with E-state index in [0.29, 0.717) is 17.3 Å². The number of ether oxygens (including phenoxy) is 1. The van der Waals surface area contributed by atoms with Crippen molar-refractivity contribution < 1.29 is 4.74 Å². The minimum absolute atomic E-state index is 0.123. The van der Waals surface area contributed by atoms with Crippen LogP contribution >= 0.6 is 23.2 Å². The SMILES string of the molecule is Cn1c(=O)c2c(nc(Cl)n2CCOc2cccc(Cl)c2)n(C)c1=O. The van der Waals surface area contributed by atoms with Crippen LogP contribution in [0.15, 0.2) is 33.9 Å². The minimum Gasteiger partial charge on any atom is -0.492 e. The van der Waals surface area contributed by atoms with Crippen LogP contribution in [0.3, 0.4) is 0 Å². The minimum atomic E-state index is -0.455. The van der Waals surface area contributed by atoms with E-state index in [9.17, 15) is 9.59 Å². The Balaban J connectivity index is 1.94. The molecule has 0 unspecified atom stereocenters. The van der Waals surface area contributed by atoms with Crippen LogP contribution in [0.4, 0.5) is 0 Å². The highest BCUT2D eigenvalue weighted by Gasteiger charge is 2.17. The number of halogens is 2. The van der Waals surface area contributed by atoms with E-state index < -0.39 is 11.2 Å². The fourth-order valence-electron chi connectivity index (χ4n) is 2.44. The van der Waals surface area contributed by atoms with E-state index in [1.807, 2.05) is 0 Å². The van der Waals surface area contributed by atoms with Crippen LogP contribution < -0.4 is 16.0 Å². The van der Waals surface area contributed by atoms with Gasteiger partial charge in [-0.3, -0.25) is 13.9 Å². The summed E-state index contributed by atoms with van der Waals surface area (Å²) in [5, 5.41) is 0.695. The van der Waals surface area contributed by atoms with Crippen LogP contribution in [0, 0.1) is 0 Å². The van der Waals surface area contributed by atoms with Crippen molar-refractivity contribution in [3.05, 3.63) is 55.4 Å². The predicted octanol–water partition coefficient (Wildman–Crippen LogP) is 1.82. The molecule has 0 N–H and O–H groups in total. The van der Waals surface area contributed by atoms with Gasteiger partial charge in [-0.1, -0.05) is 17.7 Å². The molecule has 0 saturated heterocycles. The quantitative estimate of drug-likeness (QED) is 0.658. The largest absolute Gasteiger partial charge is 0.492 e. The first-order valence-corrected chi connectivity index (χ1v) is 7.86. The number of nitrogens with zero attached hydrogens (tertiary/aromatic N) is 4. The topological polar surface area (TPSA) is 71.0 Å². The third-order valence-electron chi connectivity index (χ3n) is 3.68. The van der Waals surface area contributed by atoms with Gasteiger partial charge in [0.25, 0.3) is 5.56 Å². The molecule has 2 aromatic heterocycles. The molecular formula is C15H14Cl2N4O3. The number of benzene rings is 1. The summed E-state index contributed by atoms with van der Waals surface area (Å²) in [6.07, 6.45) is 0. The second kappa shape index (κ2) is 6.33. The van der Waals surface area contributed by atoms with Gasteiger partial charge in [0.1, 0.15) is 12.4 Å². The van der Waals surface area contributed by atoms with Gasteiger partial charge >= 0.3 is 5.69 Å². The van der Waals surface area contributed by atoms with Crippen LogP contribution in [0.5, 0.6) is 5.75 Å². The van der Waals surface area contributed by atoms with Gasteiger partial charge in [0.15, 0.2) is 11.2 Å². The first-order chi connectivity index (χ1) is 11.4. The second-order valence-corrected chi connectivity index (χ2v) is 5.99. The van der Waals surface area contributed by atoms with Gasteiger partial charge in [-0.05, 0) is 29.8 Å². The third-order valence-corrected chi connectivity index (χ3v) is 4.20. The summed E-state index contributed by atoms with van der Waals surface area (Å²) in [5.74, 6) is 0.614. The molecule has 0 bridgehead atoms. The van der Waals surface area contributed by atoms with E-state index in [2.05, 4.69) is 4.98 Å². The molecule has 3 rings (SSSR count). The molecule has 3 aromatic rings. The molecule has 0 aliphatic heterocycles. The fourth-order valence-corrected chi connectivity index (χ4v) is 2.86. The van der Waals surface area contributed by atoms with E-state index >= 15 is 0 Å². The molecule has 0 spiro atoms. The van der Waals surface area contributed by atoms with Crippen LogP contribution in [-0.2, 0) is 20.6 Å². The highest BCUT2D eigenvalue weighted by atomic mass is 35.5. The molecule has 0 aliphatic carbocycles. The summed E-state index contributed by atoms with van der Waals surface area (Å²) in [7, 11) is 2.96. The van der Waals surface area contributed by atoms with Gasteiger partial charge < -0.3 is 9.30 Å². The number of fused-ring (bicyclic) bond motifs is 1. The molecule has 0 aliphatic rings. The molecule has 7 nitrogen and oxygen atoms in total. The normalized spacial score (nSPS) is 11.2. The lowest BCUT2D eigenvalue weighted by Gasteiger charge is -2.09. The Labute approximate surface area is 146 Å². The highest BCUT2D eigenvalue weighted by molar-refractivity contribution is 6.30. The summed E-state index contributed by atoms with van der Waals surface area (Å²) in [6, 6.07) is 7.00. The number of rotatable bonds is 4. The van der Waals surface area contributed by atoms with Crippen LogP contribution in [0.1, 0.15) is 0 Å². The Morgan fingerprint density at radius 3 is 2.62 bits per heavy atom. The Morgan fingerprint density at radius 1 is 1.17 bits per heavy atom. The summed E-state index contributed by atoms with van der Waals surface area (Å²) in [6.45, 7) is 0.562. The molecule has 0 fully saturated rings. The molecular weight excluding hydrogens is 355 g/mol. The maximum Gasteiger partial charge on any atom is 0.332 e. The zero-order valence-electron chi connectivity index (χ0n) is 13.0. The predicted molar refractivity (Wildman–Crippen MR) is 92.2 cm³/mol. The van der Waals surface area contributed by atoms with E-state index in [-0.39, 0.29) is 23.1 Å². The highest BCUT2D eigenvalue weighted by Crippen LogP contribution is 2.18. The second-order valence-electron chi connectivity index (χ2n) is 5.22. The lowest BCUT2D eigenvalue weighted by molar-refractivity contribution is 0.300. The molecule has 1 aromatic carbocycles. The Bertz CT molecular complexity index is 1040. The number of aromatic nitrogens is 4. The number of imidazole rings is 1. The van der Waals surface area contributed by atoms with Gasteiger partial charge in [-0.25, -0.2) is 4.79 Å². The maximum atomic E-state index is 12.4. The summed E-state index contributed by atoms with van der Waals surface area (Å²) >= 11 is 12.0. The molecule has 0 atom stereocenters. The summed E-state index contributed by atoms with van der Waals surface area (Å²) in [4.78, 5) is 28.5. The summed E-state index contributed by atoms with van der Waals surface area (Å²) in [5.41, 5.74) is -0.394. The molecule has 0 amide bonds. The lowest BCUT2D eigenvalue weighted by Crippen LogP contribution is -2.37. The third kappa shape index (κ3) is 2.81. The van der Waals surface area contributed by atoms with E-state index in [1.165, 1.54) is 16.2 Å². The van der Waals surface area contributed by atoms with Crippen molar-refractivity contribution in [1.29, 1.82) is 0 Å². The van der Waals surface area contributed by atoms with Crippen LogP contribution in [-0.4, -0.2) is 25.3 Å². The van der Waals surface area contributed by atoms with Crippen molar-refractivity contribution in [3.8, 4) is 5.75 Å². The molecule has 126 valence electrons. The molecule has 24 heavy (non-hydrogen) atoms. The smallest absolute Gasteiger partial charge is 0.332 e. The van der Waals surface area contributed by atoms with Gasteiger partial charge in [0.05, 0.1) is 6.54 Å². The zero-order chi connectivity index (χ0) is 17.4. The number of aryl methyl sites for hydroxylation is 1. The van der Waals surface area contributed by atoms with Gasteiger partial charge in [0, 0.05) is 19.1 Å². The fraction of sp³-hybridized carbons (Fsp3) is 0.267. The molecule has 9 heteroatoms. The maximum absolute atomic E-state index is 12.4. The first-order valence-electron chi connectivity index (χ1n) is 7.10. The lowest BCUT2D eigenvalue weighted by atomic mass is 10.3. The van der Waals surface area contributed by atoms with Crippen molar-refractivity contribution in [2.45, 2.75) is 6.54 Å². The molecule has 0 radical (unpaired) electrons. The van der Waals surface area contributed by atoms with Crippen molar-refractivity contribution >= 4 is 34.4 Å². The number of hydrogen-bond acceptors (Lipinski definition) is 4. The Kier molecular flexibility index (Phi) is 4.38. The van der Waals surface area contributed by atoms with Gasteiger partial charge in [-0.15, -0.1) is 0 Å². The van der Waals surface area contributed by atoms with Crippen molar-refractivity contribution in [2.24, 2.45) is 14.1 Å². The van der Waals surface area contributed by atoms with E-state index in [1.54, 1.807) is 31.3 Å². The summed E-state index contributed by atoms with van der Waals surface area (Å²) < 4.78 is 9.46. The van der Waals surface area contributed by atoms with Gasteiger partial charge in [-0.2, -0.15) is 4.98 Å². The van der Waals surface area contributed by atoms with Crippen LogP contribution in [0.25, 0.3) is 11.2 Å². The number of hydrogen-bond donors (Lipinski definition) is 0. The average molecular weight is 369 g/mol. The van der Waals surface area contributed by atoms with Crippen molar-refractivity contribution in [1.82, 2.24) is 18.7 Å². The monoisotopic (exact) mass is 368 g/mol. The first kappa shape index (κ1) is 16.6. The van der Waals surface area contributed by atoms with Crippen molar-refractivity contribution in [3.63, 3.8) is 0 Å². The molecule has 2 heterocycles.